The van der Waals surface area contributed by atoms with Gasteiger partial charge in [-0.3, -0.25) is 10.1 Å². The van der Waals surface area contributed by atoms with Gasteiger partial charge in [-0.05, 0) is 25.1 Å². The summed E-state index contributed by atoms with van der Waals surface area (Å²) in [6, 6.07) is 7.03. The minimum Gasteiger partial charge on any atom is -0.494 e. The molecule has 2 aromatic rings. The Balaban J connectivity index is 2.08. The molecule has 1 amide bonds. The number of anilines is 1. The Morgan fingerprint density at radius 3 is 3.05 bits per heavy atom. The largest absolute Gasteiger partial charge is 0.494 e. The molecule has 1 aromatic heterocycles. The normalized spacial score (nSPS) is 10.2. The van der Waals surface area contributed by atoms with Crippen LogP contribution in [-0.4, -0.2) is 17.5 Å². The summed E-state index contributed by atoms with van der Waals surface area (Å²) >= 11 is 7.02. The van der Waals surface area contributed by atoms with Crippen LogP contribution in [0.25, 0.3) is 0 Å². The van der Waals surface area contributed by atoms with Crippen molar-refractivity contribution in [2.75, 3.05) is 11.9 Å². The number of rotatable bonds is 5. The van der Waals surface area contributed by atoms with Crippen LogP contribution in [0.15, 0.2) is 29.6 Å². The lowest BCUT2D eigenvalue weighted by Gasteiger charge is -2.05. The molecule has 0 radical (unpaired) electrons. The van der Waals surface area contributed by atoms with Crippen LogP contribution >= 0.6 is 22.9 Å². The number of ether oxygens (including phenoxy) is 1. The number of hydrogen-bond acceptors (Lipinski definition) is 4. The van der Waals surface area contributed by atoms with Gasteiger partial charge in [-0.25, -0.2) is 4.98 Å². The monoisotopic (exact) mass is 296 g/mol. The standard InChI is InChI=1S/C13H13ClN2O2S/c1-2-18-11-5-3-4-9(6-11)12(17)16-13-15-10(7-14)8-19-13/h3-6,8H,2,7H2,1H3,(H,15,16,17). The Kier molecular flexibility index (Phi) is 4.76. The number of alkyl halides is 1. The smallest absolute Gasteiger partial charge is 0.257 e. The SMILES string of the molecule is CCOc1cccc(C(=O)Nc2nc(CCl)cs2)c1. The lowest BCUT2D eigenvalue weighted by molar-refractivity contribution is 0.102. The fraction of sp³-hybridized carbons (Fsp3) is 0.231. The fourth-order valence-electron chi connectivity index (χ4n) is 1.49. The van der Waals surface area contributed by atoms with Gasteiger partial charge < -0.3 is 4.74 Å². The Bertz CT molecular complexity index is 571. The van der Waals surface area contributed by atoms with Gasteiger partial charge in [-0.15, -0.1) is 22.9 Å². The van der Waals surface area contributed by atoms with Crippen LogP contribution in [0.5, 0.6) is 5.75 Å². The van der Waals surface area contributed by atoms with E-state index in [0.717, 1.165) is 5.69 Å². The molecule has 1 N–H and O–H groups in total. The Morgan fingerprint density at radius 1 is 1.53 bits per heavy atom. The number of carbonyl (C=O) groups excluding carboxylic acids is 1. The molecule has 19 heavy (non-hydrogen) atoms. The highest BCUT2D eigenvalue weighted by atomic mass is 35.5. The summed E-state index contributed by atoms with van der Waals surface area (Å²) in [7, 11) is 0. The number of aromatic nitrogens is 1. The van der Waals surface area contributed by atoms with Gasteiger partial charge in [-0.1, -0.05) is 6.07 Å². The number of nitrogens with zero attached hydrogens (tertiary/aromatic N) is 1. The molecule has 0 aliphatic heterocycles. The van der Waals surface area contributed by atoms with Crippen LogP contribution < -0.4 is 10.1 Å². The van der Waals surface area contributed by atoms with Crippen molar-refractivity contribution in [2.24, 2.45) is 0 Å². The molecule has 0 unspecified atom stereocenters. The van der Waals surface area contributed by atoms with E-state index in [-0.39, 0.29) is 5.91 Å². The van der Waals surface area contributed by atoms with Crippen molar-refractivity contribution in [2.45, 2.75) is 12.8 Å². The first-order chi connectivity index (χ1) is 9.22. The van der Waals surface area contributed by atoms with Crippen LogP contribution in [0, 0.1) is 0 Å². The summed E-state index contributed by atoms with van der Waals surface area (Å²) in [6.45, 7) is 2.46. The van der Waals surface area contributed by atoms with Crippen molar-refractivity contribution in [1.82, 2.24) is 4.98 Å². The number of thiazole rings is 1. The summed E-state index contributed by atoms with van der Waals surface area (Å²) in [6.07, 6.45) is 0. The molecule has 6 heteroatoms. The maximum atomic E-state index is 12.0. The van der Waals surface area contributed by atoms with E-state index in [0.29, 0.717) is 28.9 Å². The topological polar surface area (TPSA) is 51.2 Å². The second kappa shape index (κ2) is 6.54. The van der Waals surface area contributed by atoms with E-state index in [2.05, 4.69) is 10.3 Å². The molecule has 0 bridgehead atoms. The van der Waals surface area contributed by atoms with Crippen molar-refractivity contribution in [1.29, 1.82) is 0 Å². The van der Waals surface area contributed by atoms with Gasteiger partial charge in [0.15, 0.2) is 5.13 Å². The van der Waals surface area contributed by atoms with Crippen molar-refractivity contribution in [3.63, 3.8) is 0 Å². The zero-order chi connectivity index (χ0) is 13.7. The number of benzene rings is 1. The molecule has 0 saturated heterocycles. The van der Waals surface area contributed by atoms with E-state index in [9.17, 15) is 4.79 Å². The lowest BCUT2D eigenvalue weighted by Crippen LogP contribution is -2.11. The van der Waals surface area contributed by atoms with Crippen molar-refractivity contribution in [3.05, 3.63) is 40.9 Å². The Morgan fingerprint density at radius 2 is 2.37 bits per heavy atom. The second-order valence-electron chi connectivity index (χ2n) is 3.69. The third kappa shape index (κ3) is 3.68. The van der Waals surface area contributed by atoms with Gasteiger partial charge in [0.25, 0.3) is 5.91 Å². The molecule has 1 heterocycles. The molecular formula is C13H13ClN2O2S. The quantitative estimate of drug-likeness (QED) is 0.859. The number of hydrogen-bond donors (Lipinski definition) is 1. The molecule has 0 aliphatic rings. The third-order valence-electron chi connectivity index (χ3n) is 2.32. The van der Waals surface area contributed by atoms with Crippen LogP contribution in [0.4, 0.5) is 5.13 Å². The zero-order valence-corrected chi connectivity index (χ0v) is 11.9. The maximum absolute atomic E-state index is 12.0. The molecule has 0 atom stereocenters. The molecule has 100 valence electrons. The van der Waals surface area contributed by atoms with Gasteiger partial charge in [0.2, 0.25) is 0 Å². The molecule has 0 spiro atoms. The molecule has 1 aromatic carbocycles. The Labute approximate surface area is 120 Å². The van der Waals surface area contributed by atoms with E-state index in [1.807, 2.05) is 18.4 Å². The summed E-state index contributed by atoms with van der Waals surface area (Å²) in [5.74, 6) is 0.805. The van der Waals surface area contributed by atoms with Gasteiger partial charge in [0.05, 0.1) is 18.2 Å². The van der Waals surface area contributed by atoms with E-state index < -0.39 is 0 Å². The number of nitrogens with one attached hydrogen (secondary N) is 1. The summed E-state index contributed by atoms with van der Waals surface area (Å²) in [5.41, 5.74) is 1.29. The van der Waals surface area contributed by atoms with Crippen LogP contribution in [-0.2, 0) is 5.88 Å². The highest BCUT2D eigenvalue weighted by Gasteiger charge is 2.09. The molecule has 0 fully saturated rings. The summed E-state index contributed by atoms with van der Waals surface area (Å²) in [4.78, 5) is 16.2. The van der Waals surface area contributed by atoms with Crippen LogP contribution in [0.1, 0.15) is 23.0 Å². The van der Waals surface area contributed by atoms with Gasteiger partial charge >= 0.3 is 0 Å². The minimum absolute atomic E-state index is 0.211. The zero-order valence-electron chi connectivity index (χ0n) is 10.4. The molecule has 0 aliphatic carbocycles. The maximum Gasteiger partial charge on any atom is 0.257 e. The molecule has 0 saturated carbocycles. The highest BCUT2D eigenvalue weighted by molar-refractivity contribution is 7.14. The highest BCUT2D eigenvalue weighted by Crippen LogP contribution is 2.19. The number of carbonyl (C=O) groups is 1. The first-order valence-corrected chi connectivity index (χ1v) is 7.19. The lowest BCUT2D eigenvalue weighted by atomic mass is 10.2. The Hall–Kier alpha value is -1.59. The number of amides is 1. The van der Waals surface area contributed by atoms with Gasteiger partial charge in [0.1, 0.15) is 5.75 Å². The molecule has 2 rings (SSSR count). The summed E-state index contributed by atoms with van der Waals surface area (Å²) < 4.78 is 5.36. The van der Waals surface area contributed by atoms with Crippen molar-refractivity contribution >= 4 is 34.0 Å². The summed E-state index contributed by atoms with van der Waals surface area (Å²) in [5, 5.41) is 5.10. The predicted octanol–water partition coefficient (Wildman–Crippen LogP) is 3.53. The average molecular weight is 297 g/mol. The molecule has 4 nitrogen and oxygen atoms in total. The second-order valence-corrected chi connectivity index (χ2v) is 4.82. The predicted molar refractivity (Wildman–Crippen MR) is 77.2 cm³/mol. The van der Waals surface area contributed by atoms with Crippen LogP contribution in [0.2, 0.25) is 0 Å². The van der Waals surface area contributed by atoms with Crippen LogP contribution in [0.3, 0.4) is 0 Å². The van der Waals surface area contributed by atoms with Gasteiger partial charge in [0, 0.05) is 10.9 Å². The minimum atomic E-state index is -0.211. The average Bonchev–Trinajstić information content (AvgIpc) is 2.87. The number of halogens is 1. The molecular weight excluding hydrogens is 284 g/mol. The van der Waals surface area contributed by atoms with Gasteiger partial charge in [-0.2, -0.15) is 0 Å². The van der Waals surface area contributed by atoms with Crippen molar-refractivity contribution < 1.29 is 9.53 Å². The van der Waals surface area contributed by atoms with E-state index in [1.54, 1.807) is 18.2 Å². The van der Waals surface area contributed by atoms with E-state index >= 15 is 0 Å². The van der Waals surface area contributed by atoms with Crippen molar-refractivity contribution in [3.8, 4) is 5.75 Å². The van der Waals surface area contributed by atoms with E-state index in [1.165, 1.54) is 11.3 Å². The first-order valence-electron chi connectivity index (χ1n) is 5.77. The third-order valence-corrected chi connectivity index (χ3v) is 3.40. The van der Waals surface area contributed by atoms with E-state index in [4.69, 9.17) is 16.3 Å². The first kappa shape index (κ1) is 13.8. The fourth-order valence-corrected chi connectivity index (χ4v) is 2.42.